The SMILES string of the molecule is CC1CCN(Cc2ncc(CC#N)s2)CC1. The molecule has 16 heavy (non-hydrogen) atoms. The van der Waals surface area contributed by atoms with E-state index >= 15 is 0 Å². The Bertz CT molecular complexity index is 372. The van der Waals surface area contributed by atoms with Crippen molar-refractivity contribution in [3.05, 3.63) is 16.1 Å². The highest BCUT2D eigenvalue weighted by molar-refractivity contribution is 7.11. The molecule has 0 spiro atoms. The van der Waals surface area contributed by atoms with E-state index in [9.17, 15) is 0 Å². The van der Waals surface area contributed by atoms with Crippen LogP contribution in [0.1, 0.15) is 29.7 Å². The number of hydrogen-bond acceptors (Lipinski definition) is 4. The van der Waals surface area contributed by atoms with E-state index in [1.165, 1.54) is 25.9 Å². The second-order valence-electron chi connectivity index (χ2n) is 4.51. The lowest BCUT2D eigenvalue weighted by molar-refractivity contribution is 0.185. The first-order valence-electron chi connectivity index (χ1n) is 5.81. The van der Waals surface area contributed by atoms with Crippen molar-refractivity contribution in [1.29, 1.82) is 5.26 Å². The van der Waals surface area contributed by atoms with Gasteiger partial charge in [-0.15, -0.1) is 11.3 Å². The smallest absolute Gasteiger partial charge is 0.107 e. The van der Waals surface area contributed by atoms with Gasteiger partial charge in [-0.25, -0.2) is 4.98 Å². The van der Waals surface area contributed by atoms with Gasteiger partial charge in [0, 0.05) is 11.1 Å². The summed E-state index contributed by atoms with van der Waals surface area (Å²) in [7, 11) is 0. The Morgan fingerprint density at radius 1 is 1.56 bits per heavy atom. The number of hydrogen-bond donors (Lipinski definition) is 0. The molecule has 0 unspecified atom stereocenters. The predicted octanol–water partition coefficient (Wildman–Crippen LogP) is 2.44. The van der Waals surface area contributed by atoms with E-state index < -0.39 is 0 Å². The van der Waals surface area contributed by atoms with Crippen LogP contribution in [0.25, 0.3) is 0 Å². The Kier molecular flexibility index (Phi) is 3.92. The Morgan fingerprint density at radius 3 is 3.00 bits per heavy atom. The molecule has 2 rings (SSSR count). The fourth-order valence-electron chi connectivity index (χ4n) is 1.99. The molecule has 0 N–H and O–H groups in total. The van der Waals surface area contributed by atoms with Crippen LogP contribution in [0.4, 0.5) is 0 Å². The highest BCUT2D eigenvalue weighted by Gasteiger charge is 2.16. The van der Waals surface area contributed by atoms with Crippen LogP contribution < -0.4 is 0 Å². The molecule has 3 nitrogen and oxygen atoms in total. The summed E-state index contributed by atoms with van der Waals surface area (Å²) in [5.41, 5.74) is 0. The van der Waals surface area contributed by atoms with Crippen molar-refractivity contribution in [2.24, 2.45) is 5.92 Å². The lowest BCUT2D eigenvalue weighted by Gasteiger charge is -2.29. The number of nitrogens with zero attached hydrogens (tertiary/aromatic N) is 3. The number of aromatic nitrogens is 1. The molecule has 1 fully saturated rings. The van der Waals surface area contributed by atoms with Crippen LogP contribution in [0.3, 0.4) is 0 Å². The highest BCUT2D eigenvalue weighted by atomic mass is 32.1. The van der Waals surface area contributed by atoms with Crippen LogP contribution in [0.15, 0.2) is 6.20 Å². The Balaban J connectivity index is 1.86. The summed E-state index contributed by atoms with van der Waals surface area (Å²) < 4.78 is 0. The number of thiazole rings is 1. The van der Waals surface area contributed by atoms with Crippen molar-refractivity contribution in [2.75, 3.05) is 13.1 Å². The lowest BCUT2D eigenvalue weighted by atomic mass is 9.99. The van der Waals surface area contributed by atoms with Crippen LogP contribution in [0.5, 0.6) is 0 Å². The minimum Gasteiger partial charge on any atom is -0.297 e. The van der Waals surface area contributed by atoms with Gasteiger partial charge < -0.3 is 0 Å². The van der Waals surface area contributed by atoms with Gasteiger partial charge in [-0.05, 0) is 31.8 Å². The normalized spacial score (nSPS) is 18.5. The zero-order chi connectivity index (χ0) is 11.4. The molecule has 86 valence electrons. The zero-order valence-electron chi connectivity index (χ0n) is 9.65. The number of rotatable bonds is 3. The molecule has 4 heteroatoms. The maximum absolute atomic E-state index is 8.60. The van der Waals surface area contributed by atoms with Gasteiger partial charge in [0.1, 0.15) is 5.01 Å². The number of likely N-dealkylation sites (tertiary alicyclic amines) is 1. The Labute approximate surface area is 101 Å². The molecule has 0 atom stereocenters. The standard InChI is InChI=1S/C12H17N3S/c1-10-3-6-15(7-4-10)9-12-14-8-11(16-12)2-5-13/h8,10H,2-4,6-7,9H2,1H3. The Morgan fingerprint density at radius 2 is 2.31 bits per heavy atom. The second-order valence-corrected chi connectivity index (χ2v) is 5.71. The summed E-state index contributed by atoms with van der Waals surface area (Å²) in [6.07, 6.45) is 4.94. The van der Waals surface area contributed by atoms with Crippen LogP contribution in [-0.4, -0.2) is 23.0 Å². The van der Waals surface area contributed by atoms with Crippen LogP contribution in [0.2, 0.25) is 0 Å². The molecular weight excluding hydrogens is 218 g/mol. The van der Waals surface area contributed by atoms with Gasteiger partial charge in [-0.1, -0.05) is 6.92 Å². The average molecular weight is 235 g/mol. The maximum atomic E-state index is 8.60. The predicted molar refractivity (Wildman–Crippen MR) is 65.1 cm³/mol. The molecule has 0 bridgehead atoms. The van der Waals surface area contributed by atoms with Crippen molar-refractivity contribution in [3.8, 4) is 6.07 Å². The van der Waals surface area contributed by atoms with Gasteiger partial charge in [0.05, 0.1) is 19.0 Å². The minimum absolute atomic E-state index is 0.495. The van der Waals surface area contributed by atoms with E-state index in [2.05, 4.69) is 22.9 Å². The van der Waals surface area contributed by atoms with Gasteiger partial charge in [0.25, 0.3) is 0 Å². The quantitative estimate of drug-likeness (QED) is 0.808. The third-order valence-electron chi connectivity index (χ3n) is 3.09. The summed E-state index contributed by atoms with van der Waals surface area (Å²) in [5, 5.41) is 9.75. The molecule has 0 saturated carbocycles. The topological polar surface area (TPSA) is 39.9 Å². The van der Waals surface area contributed by atoms with E-state index in [0.29, 0.717) is 6.42 Å². The largest absolute Gasteiger partial charge is 0.297 e. The fraction of sp³-hybridized carbons (Fsp3) is 0.667. The van der Waals surface area contributed by atoms with Crippen LogP contribution >= 0.6 is 11.3 Å². The molecule has 0 aromatic carbocycles. The van der Waals surface area contributed by atoms with E-state index in [1.54, 1.807) is 11.3 Å². The molecule has 2 heterocycles. The minimum atomic E-state index is 0.495. The second kappa shape index (κ2) is 5.42. The van der Waals surface area contributed by atoms with Crippen molar-refractivity contribution in [2.45, 2.75) is 32.7 Å². The molecule has 1 aromatic rings. The zero-order valence-corrected chi connectivity index (χ0v) is 10.5. The first-order chi connectivity index (χ1) is 7.78. The number of nitriles is 1. The molecule has 0 aliphatic carbocycles. The summed E-state index contributed by atoms with van der Waals surface area (Å²) in [5.74, 6) is 0.877. The van der Waals surface area contributed by atoms with Crippen molar-refractivity contribution < 1.29 is 0 Å². The van der Waals surface area contributed by atoms with Gasteiger partial charge in [-0.2, -0.15) is 5.26 Å². The van der Waals surface area contributed by atoms with Crippen molar-refractivity contribution >= 4 is 11.3 Å². The van der Waals surface area contributed by atoms with Crippen molar-refractivity contribution in [3.63, 3.8) is 0 Å². The Hall–Kier alpha value is -0.920. The lowest BCUT2D eigenvalue weighted by Crippen LogP contribution is -2.32. The third-order valence-corrected chi connectivity index (χ3v) is 4.07. The van der Waals surface area contributed by atoms with Gasteiger partial charge >= 0.3 is 0 Å². The molecular formula is C12H17N3S. The van der Waals surface area contributed by atoms with E-state index in [4.69, 9.17) is 5.26 Å². The third kappa shape index (κ3) is 3.03. The molecule has 1 aromatic heterocycles. The van der Waals surface area contributed by atoms with Gasteiger partial charge in [0.2, 0.25) is 0 Å². The molecule has 1 aliphatic rings. The summed E-state index contributed by atoms with van der Waals surface area (Å²) in [4.78, 5) is 7.93. The molecule has 1 aliphatic heterocycles. The first-order valence-corrected chi connectivity index (χ1v) is 6.62. The summed E-state index contributed by atoms with van der Waals surface area (Å²) in [6.45, 7) is 5.66. The fourth-order valence-corrected chi connectivity index (χ4v) is 2.89. The molecule has 1 saturated heterocycles. The average Bonchev–Trinajstić information content (AvgIpc) is 2.70. The van der Waals surface area contributed by atoms with E-state index in [-0.39, 0.29) is 0 Å². The summed E-state index contributed by atoms with van der Waals surface area (Å²) in [6, 6.07) is 2.16. The van der Waals surface area contributed by atoms with E-state index in [1.807, 2.05) is 6.20 Å². The van der Waals surface area contributed by atoms with Gasteiger partial charge in [-0.3, -0.25) is 4.90 Å². The molecule has 0 amide bonds. The number of piperidine rings is 1. The van der Waals surface area contributed by atoms with Crippen LogP contribution in [0, 0.1) is 17.2 Å². The summed E-state index contributed by atoms with van der Waals surface area (Å²) >= 11 is 1.68. The van der Waals surface area contributed by atoms with Crippen molar-refractivity contribution in [1.82, 2.24) is 9.88 Å². The van der Waals surface area contributed by atoms with Gasteiger partial charge in [0.15, 0.2) is 0 Å². The maximum Gasteiger partial charge on any atom is 0.107 e. The van der Waals surface area contributed by atoms with Crippen LogP contribution in [-0.2, 0) is 13.0 Å². The molecule has 0 radical (unpaired) electrons. The monoisotopic (exact) mass is 235 g/mol. The first kappa shape index (κ1) is 11.6. The van der Waals surface area contributed by atoms with E-state index in [0.717, 1.165) is 22.3 Å². The highest BCUT2D eigenvalue weighted by Crippen LogP contribution is 2.20.